The number of hydrogen-bond acceptors (Lipinski definition) is 3. The van der Waals surface area contributed by atoms with E-state index in [4.69, 9.17) is 9.47 Å². The summed E-state index contributed by atoms with van der Waals surface area (Å²) in [5.41, 5.74) is 0. The third kappa shape index (κ3) is 17.2. The monoisotopic (exact) mass is 540 g/mol. The molecule has 1 saturated heterocycles. The molecule has 0 aromatic rings. The van der Waals surface area contributed by atoms with Gasteiger partial charge in [0.05, 0.1) is 26.7 Å². The standard InChI is InChI=1S/C25H53N2O2.HI/c1-4-5-6-7-8-9-10-11-12-13-14-15-16-17-22-29-24-25(28-3)23-27(2)20-18-26-19-21-27;/h25-26H,4-24H2,1-3H3;1H/q+1;/p-1. The third-order valence-corrected chi connectivity index (χ3v) is 6.58. The summed E-state index contributed by atoms with van der Waals surface area (Å²) in [4.78, 5) is 0. The summed E-state index contributed by atoms with van der Waals surface area (Å²) < 4.78 is 12.7. The molecule has 1 aliphatic heterocycles. The largest absolute Gasteiger partial charge is 1.00 e. The number of piperazine rings is 1. The van der Waals surface area contributed by atoms with Gasteiger partial charge in [-0.05, 0) is 6.42 Å². The zero-order chi connectivity index (χ0) is 21.0. The van der Waals surface area contributed by atoms with Crippen LogP contribution in [0.5, 0.6) is 0 Å². The minimum atomic E-state index is 0. The van der Waals surface area contributed by atoms with E-state index in [0.717, 1.165) is 37.3 Å². The van der Waals surface area contributed by atoms with Crippen molar-refractivity contribution >= 4 is 0 Å². The number of likely N-dealkylation sites (N-methyl/N-ethyl adjacent to an activating group) is 1. The van der Waals surface area contributed by atoms with Crippen LogP contribution in [-0.4, -0.2) is 70.7 Å². The Labute approximate surface area is 205 Å². The van der Waals surface area contributed by atoms with Crippen molar-refractivity contribution in [3.8, 4) is 0 Å². The van der Waals surface area contributed by atoms with Crippen LogP contribution in [0.15, 0.2) is 0 Å². The van der Waals surface area contributed by atoms with Gasteiger partial charge in [0.1, 0.15) is 12.6 Å². The lowest BCUT2D eigenvalue weighted by Crippen LogP contribution is -3.00. The molecular weight excluding hydrogens is 487 g/mol. The summed E-state index contributed by atoms with van der Waals surface area (Å²) in [5, 5.41) is 3.45. The molecule has 1 atom stereocenters. The highest BCUT2D eigenvalue weighted by molar-refractivity contribution is 4.61. The molecule has 1 N–H and O–H groups in total. The normalized spacial score (nSPS) is 16.9. The van der Waals surface area contributed by atoms with Crippen molar-refractivity contribution in [2.45, 2.75) is 103 Å². The maximum Gasteiger partial charge on any atom is 0.129 e. The van der Waals surface area contributed by atoms with Crippen LogP contribution in [0.2, 0.25) is 0 Å². The van der Waals surface area contributed by atoms with Crippen LogP contribution in [0.25, 0.3) is 0 Å². The Bertz CT molecular complexity index is 352. The molecule has 1 heterocycles. The molecule has 5 heteroatoms. The zero-order valence-electron chi connectivity index (χ0n) is 20.6. The number of quaternary nitrogens is 1. The van der Waals surface area contributed by atoms with Crippen molar-refractivity contribution in [1.29, 1.82) is 0 Å². The molecule has 4 nitrogen and oxygen atoms in total. The van der Waals surface area contributed by atoms with Crippen LogP contribution >= 0.6 is 0 Å². The van der Waals surface area contributed by atoms with Gasteiger partial charge in [-0.25, -0.2) is 0 Å². The summed E-state index contributed by atoms with van der Waals surface area (Å²) in [6.07, 6.45) is 19.9. The molecule has 0 bridgehead atoms. The highest BCUT2D eigenvalue weighted by atomic mass is 127. The van der Waals surface area contributed by atoms with E-state index in [1.807, 2.05) is 7.11 Å². The van der Waals surface area contributed by atoms with Crippen molar-refractivity contribution < 1.29 is 37.9 Å². The predicted molar refractivity (Wildman–Crippen MR) is 126 cm³/mol. The topological polar surface area (TPSA) is 30.5 Å². The molecule has 1 unspecified atom stereocenters. The Kier molecular flexibility index (Phi) is 21.8. The van der Waals surface area contributed by atoms with E-state index in [2.05, 4.69) is 19.3 Å². The number of ether oxygens (including phenoxy) is 2. The van der Waals surface area contributed by atoms with Gasteiger partial charge in [0.15, 0.2) is 0 Å². The van der Waals surface area contributed by atoms with Crippen LogP contribution in [-0.2, 0) is 9.47 Å². The number of nitrogens with one attached hydrogen (secondary N) is 1. The van der Waals surface area contributed by atoms with E-state index < -0.39 is 0 Å². The smallest absolute Gasteiger partial charge is 0.129 e. The Morgan fingerprint density at radius 2 is 1.23 bits per heavy atom. The number of rotatable bonds is 20. The maximum atomic E-state index is 5.93. The quantitative estimate of drug-likeness (QED) is 0.146. The van der Waals surface area contributed by atoms with Crippen molar-refractivity contribution in [1.82, 2.24) is 5.32 Å². The second-order valence-electron chi connectivity index (χ2n) is 9.53. The fraction of sp³-hybridized carbons (Fsp3) is 1.00. The molecule has 1 rings (SSSR count). The SMILES string of the molecule is CCCCCCCCCCCCCCCCOCC(C[N+]1(C)CCNCC1)OC.[I-]. The Hall–Kier alpha value is 0.570. The van der Waals surface area contributed by atoms with Gasteiger partial charge in [-0.15, -0.1) is 0 Å². The molecule has 182 valence electrons. The Morgan fingerprint density at radius 3 is 1.70 bits per heavy atom. The molecule has 1 fully saturated rings. The lowest BCUT2D eigenvalue weighted by atomic mass is 10.0. The van der Waals surface area contributed by atoms with Gasteiger partial charge >= 0.3 is 0 Å². The fourth-order valence-electron chi connectivity index (χ4n) is 4.42. The average Bonchev–Trinajstić information content (AvgIpc) is 2.73. The van der Waals surface area contributed by atoms with Crippen molar-refractivity contribution in [2.24, 2.45) is 0 Å². The van der Waals surface area contributed by atoms with E-state index in [9.17, 15) is 0 Å². The highest BCUT2D eigenvalue weighted by Crippen LogP contribution is 2.13. The first-order valence-electron chi connectivity index (χ1n) is 12.8. The first kappa shape index (κ1) is 30.6. The number of hydrogen-bond donors (Lipinski definition) is 1. The van der Waals surface area contributed by atoms with Gasteiger partial charge in [0.25, 0.3) is 0 Å². The number of unbranched alkanes of at least 4 members (excludes halogenated alkanes) is 13. The molecule has 0 aromatic heterocycles. The van der Waals surface area contributed by atoms with Crippen LogP contribution in [0.1, 0.15) is 96.8 Å². The molecule has 0 saturated carbocycles. The lowest BCUT2D eigenvalue weighted by Gasteiger charge is -2.40. The van der Waals surface area contributed by atoms with Gasteiger partial charge in [0, 0.05) is 26.8 Å². The van der Waals surface area contributed by atoms with Gasteiger partial charge in [-0.3, -0.25) is 0 Å². The molecule has 1 aliphatic rings. The van der Waals surface area contributed by atoms with Gasteiger partial charge < -0.3 is 43.3 Å². The van der Waals surface area contributed by atoms with E-state index in [1.54, 1.807) is 0 Å². The van der Waals surface area contributed by atoms with E-state index >= 15 is 0 Å². The summed E-state index contributed by atoms with van der Waals surface area (Å²) >= 11 is 0. The Morgan fingerprint density at radius 1 is 0.767 bits per heavy atom. The van der Waals surface area contributed by atoms with Crippen LogP contribution in [0, 0.1) is 0 Å². The number of methoxy groups -OCH3 is 1. The zero-order valence-corrected chi connectivity index (χ0v) is 22.7. The van der Waals surface area contributed by atoms with Gasteiger partial charge in [0.2, 0.25) is 0 Å². The molecule has 0 spiro atoms. The lowest BCUT2D eigenvalue weighted by molar-refractivity contribution is -0.914. The molecular formula is C25H53IN2O2. The molecule has 0 aromatic carbocycles. The van der Waals surface area contributed by atoms with Crippen molar-refractivity contribution in [3.63, 3.8) is 0 Å². The Balaban J connectivity index is 0.00000841. The number of halogens is 1. The summed E-state index contributed by atoms with van der Waals surface area (Å²) in [5.74, 6) is 0. The van der Waals surface area contributed by atoms with Gasteiger partial charge in [-0.1, -0.05) is 90.4 Å². The second-order valence-corrected chi connectivity index (χ2v) is 9.53. The molecule has 30 heavy (non-hydrogen) atoms. The van der Waals surface area contributed by atoms with Crippen molar-refractivity contribution in [2.75, 3.05) is 60.1 Å². The molecule has 0 amide bonds. The van der Waals surface area contributed by atoms with Crippen LogP contribution < -0.4 is 29.3 Å². The predicted octanol–water partition coefficient (Wildman–Crippen LogP) is 2.55. The molecule has 0 radical (unpaired) electrons. The maximum absolute atomic E-state index is 5.93. The minimum absolute atomic E-state index is 0. The third-order valence-electron chi connectivity index (χ3n) is 6.58. The number of nitrogens with zero attached hydrogens (tertiary/aromatic N) is 1. The fourth-order valence-corrected chi connectivity index (χ4v) is 4.42. The summed E-state index contributed by atoms with van der Waals surface area (Å²) in [6.45, 7) is 9.62. The first-order valence-corrected chi connectivity index (χ1v) is 12.8. The van der Waals surface area contributed by atoms with Gasteiger partial charge in [-0.2, -0.15) is 0 Å². The minimum Gasteiger partial charge on any atom is -1.00 e. The van der Waals surface area contributed by atoms with Crippen LogP contribution in [0.4, 0.5) is 0 Å². The van der Waals surface area contributed by atoms with E-state index in [-0.39, 0.29) is 30.1 Å². The average molecular weight is 541 g/mol. The molecule has 0 aliphatic carbocycles. The second kappa shape index (κ2) is 21.4. The highest BCUT2D eigenvalue weighted by Gasteiger charge is 2.28. The first-order chi connectivity index (χ1) is 14.2. The van der Waals surface area contributed by atoms with E-state index in [1.165, 1.54) is 103 Å². The van der Waals surface area contributed by atoms with Crippen LogP contribution in [0.3, 0.4) is 0 Å². The summed E-state index contributed by atoms with van der Waals surface area (Å²) in [6, 6.07) is 0. The van der Waals surface area contributed by atoms with E-state index in [0.29, 0.717) is 0 Å². The summed E-state index contributed by atoms with van der Waals surface area (Å²) in [7, 11) is 4.18. The van der Waals surface area contributed by atoms with Crippen molar-refractivity contribution in [3.05, 3.63) is 0 Å².